The van der Waals surface area contributed by atoms with Crippen LogP contribution in [0.1, 0.15) is 36.1 Å². The molecule has 0 spiro atoms. The van der Waals surface area contributed by atoms with Crippen LogP contribution in [0.15, 0.2) is 29.3 Å². The van der Waals surface area contributed by atoms with Crippen molar-refractivity contribution in [2.24, 2.45) is 4.99 Å². The number of carbonyl (C=O) groups excluding carboxylic acids is 1. The predicted molar refractivity (Wildman–Crippen MR) is 116 cm³/mol. The van der Waals surface area contributed by atoms with Crippen molar-refractivity contribution in [3.05, 3.63) is 38.7 Å². The van der Waals surface area contributed by atoms with Crippen LogP contribution in [0.5, 0.6) is 5.88 Å². The Balaban J connectivity index is 1.57. The highest BCUT2D eigenvalue weighted by atomic mass is 32.1. The van der Waals surface area contributed by atoms with Gasteiger partial charge in [-0.15, -0.1) is 11.3 Å². The summed E-state index contributed by atoms with van der Waals surface area (Å²) in [7, 11) is 0. The summed E-state index contributed by atoms with van der Waals surface area (Å²) in [4.78, 5) is 27.3. The van der Waals surface area contributed by atoms with Gasteiger partial charge in [0, 0.05) is 43.3 Å². The number of para-hydroxylation sites is 1. The van der Waals surface area contributed by atoms with Crippen LogP contribution >= 0.6 is 23.6 Å². The third-order valence-electron chi connectivity index (χ3n) is 4.41. The Bertz CT molecular complexity index is 1040. The summed E-state index contributed by atoms with van der Waals surface area (Å²) < 4.78 is 2.17. The summed E-state index contributed by atoms with van der Waals surface area (Å²) in [6, 6.07) is 7.79. The van der Waals surface area contributed by atoms with Gasteiger partial charge in [0.05, 0.1) is 10.6 Å². The number of hydrogen-bond acceptors (Lipinski definition) is 6. The maximum atomic E-state index is 11.8. The van der Waals surface area contributed by atoms with Gasteiger partial charge in [0.25, 0.3) is 0 Å². The lowest BCUT2D eigenvalue weighted by atomic mass is 10.1. The number of benzene rings is 1. The summed E-state index contributed by atoms with van der Waals surface area (Å²) in [6.07, 6.45) is 4.88. The maximum absolute atomic E-state index is 11.8. The minimum Gasteiger partial charge on any atom is -0.493 e. The predicted octanol–water partition coefficient (Wildman–Crippen LogP) is 4.00. The Kier molecular flexibility index (Phi) is 6.95. The molecular weight excluding hydrogens is 410 g/mol. The Hall–Kier alpha value is -2.78. The topological polar surface area (TPSA) is 104 Å². The van der Waals surface area contributed by atoms with Crippen molar-refractivity contribution < 1.29 is 19.8 Å². The molecule has 0 saturated heterocycles. The minimum atomic E-state index is -0.875. The first-order chi connectivity index (χ1) is 14.0. The van der Waals surface area contributed by atoms with Gasteiger partial charge in [0.2, 0.25) is 11.8 Å². The normalized spacial score (nSPS) is 13.6. The fraction of sp³-hybridized carbons (Fsp3) is 0.300. The third kappa shape index (κ3) is 5.39. The van der Waals surface area contributed by atoms with Gasteiger partial charge in [0.1, 0.15) is 0 Å². The number of aliphatic carboxylic acids is 1. The van der Waals surface area contributed by atoms with E-state index in [-0.39, 0.29) is 24.6 Å². The van der Waals surface area contributed by atoms with Crippen LogP contribution in [0, 0.1) is 3.95 Å². The molecule has 1 amide bonds. The number of thiazole rings is 1. The van der Waals surface area contributed by atoms with Crippen LogP contribution in [0.25, 0.3) is 11.6 Å². The van der Waals surface area contributed by atoms with Gasteiger partial charge in [-0.1, -0.05) is 18.2 Å². The molecule has 2 heterocycles. The standard InChI is InChI=1S/C20H21N3O4S2/c24-17(21-9-3-8-18(25)26)7-4-10-23-19(27)16(29-20(23)28)11-13-12-22-15-6-2-1-5-14(13)15/h1-2,5-6,11-12,27H,3-4,7-10H2,(H,21,24)(H,25,26)/b13-11-. The highest BCUT2D eigenvalue weighted by Gasteiger charge is 2.15. The van der Waals surface area contributed by atoms with E-state index in [0.29, 0.717) is 34.8 Å². The first kappa shape index (κ1) is 20.9. The molecule has 0 aliphatic carbocycles. The number of aromatic nitrogens is 1. The largest absolute Gasteiger partial charge is 0.493 e. The van der Waals surface area contributed by atoms with Crippen molar-refractivity contribution in [3.63, 3.8) is 0 Å². The number of nitrogens with one attached hydrogen (secondary N) is 1. The molecule has 1 aliphatic rings. The highest BCUT2D eigenvalue weighted by molar-refractivity contribution is 7.73. The number of aliphatic imine (C=N–C) groups is 1. The number of fused-ring (bicyclic) bond motifs is 1. The molecule has 0 fully saturated rings. The quantitative estimate of drug-likeness (QED) is 0.411. The summed E-state index contributed by atoms with van der Waals surface area (Å²) >= 11 is 6.69. The van der Waals surface area contributed by atoms with E-state index in [1.54, 1.807) is 10.8 Å². The second kappa shape index (κ2) is 9.62. The molecular formula is C20H21N3O4S2. The van der Waals surface area contributed by atoms with E-state index in [9.17, 15) is 14.7 Å². The molecule has 0 saturated carbocycles. The van der Waals surface area contributed by atoms with E-state index in [0.717, 1.165) is 16.8 Å². The molecule has 3 rings (SSSR count). The lowest BCUT2D eigenvalue weighted by molar-refractivity contribution is -0.137. The second-order valence-corrected chi connectivity index (χ2v) is 8.21. The van der Waals surface area contributed by atoms with Gasteiger partial charge in [-0.3, -0.25) is 19.1 Å². The number of rotatable bonds is 9. The molecule has 152 valence electrons. The first-order valence-electron chi connectivity index (χ1n) is 9.22. The molecule has 7 nitrogen and oxygen atoms in total. The molecule has 1 aliphatic heterocycles. The van der Waals surface area contributed by atoms with Gasteiger partial charge >= 0.3 is 5.97 Å². The van der Waals surface area contributed by atoms with Crippen LogP contribution in [0.4, 0.5) is 5.69 Å². The lowest BCUT2D eigenvalue weighted by Crippen LogP contribution is -2.24. The average molecular weight is 432 g/mol. The zero-order valence-corrected chi connectivity index (χ0v) is 17.3. The van der Waals surface area contributed by atoms with E-state index in [1.807, 2.05) is 30.3 Å². The van der Waals surface area contributed by atoms with E-state index in [4.69, 9.17) is 17.3 Å². The summed E-state index contributed by atoms with van der Waals surface area (Å²) in [5.41, 5.74) is 2.83. The number of nitrogens with zero attached hydrogens (tertiary/aromatic N) is 2. The van der Waals surface area contributed by atoms with Crippen molar-refractivity contribution in [2.45, 2.75) is 32.2 Å². The van der Waals surface area contributed by atoms with Crippen LogP contribution in [-0.4, -0.2) is 39.4 Å². The summed E-state index contributed by atoms with van der Waals surface area (Å²) in [5, 5.41) is 21.8. The van der Waals surface area contributed by atoms with Crippen molar-refractivity contribution in [1.29, 1.82) is 0 Å². The third-order valence-corrected chi connectivity index (χ3v) is 5.80. The molecule has 29 heavy (non-hydrogen) atoms. The fourth-order valence-electron chi connectivity index (χ4n) is 2.95. The van der Waals surface area contributed by atoms with E-state index in [2.05, 4.69) is 10.3 Å². The first-order valence-corrected chi connectivity index (χ1v) is 10.4. The number of carboxylic acid groups (broad SMARTS) is 1. The molecule has 0 radical (unpaired) electrons. The number of allylic oxidation sites excluding steroid dienone is 1. The minimum absolute atomic E-state index is 0.0334. The van der Waals surface area contributed by atoms with Crippen LogP contribution in [0.3, 0.4) is 0 Å². The number of carboxylic acids is 1. The van der Waals surface area contributed by atoms with Gasteiger partial charge in [-0.25, -0.2) is 0 Å². The maximum Gasteiger partial charge on any atom is 0.303 e. The fourth-order valence-corrected chi connectivity index (χ4v) is 4.26. The Morgan fingerprint density at radius 1 is 1.24 bits per heavy atom. The molecule has 1 aromatic carbocycles. The number of aromatic hydroxyl groups is 1. The molecule has 0 unspecified atom stereocenters. The average Bonchev–Trinajstić information content (AvgIpc) is 3.21. The van der Waals surface area contributed by atoms with Crippen LogP contribution in [0.2, 0.25) is 0 Å². The van der Waals surface area contributed by atoms with Crippen molar-refractivity contribution in [1.82, 2.24) is 9.88 Å². The highest BCUT2D eigenvalue weighted by Crippen LogP contribution is 2.35. The van der Waals surface area contributed by atoms with Gasteiger partial charge in [0.15, 0.2) is 3.95 Å². The van der Waals surface area contributed by atoms with E-state index in [1.165, 1.54) is 11.3 Å². The van der Waals surface area contributed by atoms with Gasteiger partial charge in [-0.05, 0) is 37.2 Å². The summed E-state index contributed by atoms with van der Waals surface area (Å²) in [5.74, 6) is -0.926. The molecule has 1 aromatic heterocycles. The van der Waals surface area contributed by atoms with Crippen molar-refractivity contribution >= 4 is 59.0 Å². The molecule has 0 bridgehead atoms. The lowest BCUT2D eigenvalue weighted by Gasteiger charge is -2.06. The second-order valence-electron chi connectivity index (χ2n) is 6.53. The molecule has 2 aromatic rings. The SMILES string of the molecule is O=C(O)CCCNC(=O)CCCn1c(O)c(/C=C2/C=Nc3ccccc32)sc1=S. The zero-order chi connectivity index (χ0) is 20.8. The van der Waals surface area contributed by atoms with Crippen LogP contribution < -0.4 is 5.32 Å². The van der Waals surface area contributed by atoms with Crippen LogP contribution in [-0.2, 0) is 16.1 Å². The Morgan fingerprint density at radius 2 is 2.03 bits per heavy atom. The van der Waals surface area contributed by atoms with Crippen molar-refractivity contribution in [2.75, 3.05) is 6.54 Å². The van der Waals surface area contributed by atoms with Crippen molar-refractivity contribution in [3.8, 4) is 5.88 Å². The summed E-state index contributed by atoms with van der Waals surface area (Å²) in [6.45, 7) is 0.770. The van der Waals surface area contributed by atoms with E-state index >= 15 is 0 Å². The molecule has 3 N–H and O–H groups in total. The number of carbonyl (C=O) groups is 2. The van der Waals surface area contributed by atoms with Gasteiger partial charge < -0.3 is 15.5 Å². The number of amides is 1. The van der Waals surface area contributed by atoms with Gasteiger partial charge in [-0.2, -0.15) is 0 Å². The number of hydrogen-bond donors (Lipinski definition) is 3. The Labute approximate surface area is 177 Å². The Morgan fingerprint density at radius 3 is 2.83 bits per heavy atom. The molecule has 9 heteroatoms. The monoisotopic (exact) mass is 431 g/mol. The smallest absolute Gasteiger partial charge is 0.303 e. The molecule has 0 atom stereocenters. The zero-order valence-electron chi connectivity index (χ0n) is 15.6. The van der Waals surface area contributed by atoms with E-state index < -0.39 is 5.97 Å².